The fourth-order valence-electron chi connectivity index (χ4n) is 2.96. The minimum atomic E-state index is -1.08. The minimum absolute atomic E-state index is 0.0243. The van der Waals surface area contributed by atoms with Gasteiger partial charge in [0, 0.05) is 13.7 Å². The Morgan fingerprint density at radius 3 is 2.48 bits per heavy atom. The minimum Gasteiger partial charge on any atom is -0.447 e. The highest BCUT2D eigenvalue weighted by atomic mass is 16.6. The average molecular weight is 464 g/mol. The van der Waals surface area contributed by atoms with Crippen LogP contribution in [0.1, 0.15) is 47.0 Å². The van der Waals surface area contributed by atoms with Gasteiger partial charge in [0.05, 0.1) is 6.61 Å². The first-order valence-corrected chi connectivity index (χ1v) is 11.3. The van der Waals surface area contributed by atoms with Gasteiger partial charge < -0.3 is 20.1 Å². The fraction of sp³-hybridized carbons (Fsp3) is 0.583. The SMILES string of the molecule is CCCNC(=O)C(=O)[C@H](CC1=CCC(C)C=C1)NC(=O)/C(=C\C(C)C)NC(=O)OCCOC. The lowest BCUT2D eigenvalue weighted by molar-refractivity contribution is -0.139. The second kappa shape index (κ2) is 15.0. The summed E-state index contributed by atoms with van der Waals surface area (Å²) in [7, 11) is 1.48. The Morgan fingerprint density at radius 2 is 1.91 bits per heavy atom. The van der Waals surface area contributed by atoms with Crippen molar-refractivity contribution < 1.29 is 28.7 Å². The van der Waals surface area contributed by atoms with Gasteiger partial charge >= 0.3 is 6.09 Å². The highest BCUT2D eigenvalue weighted by Crippen LogP contribution is 2.19. The van der Waals surface area contributed by atoms with E-state index in [2.05, 4.69) is 22.9 Å². The Kier molecular flexibility index (Phi) is 12.8. The van der Waals surface area contributed by atoms with Gasteiger partial charge in [-0.2, -0.15) is 0 Å². The number of hydrogen-bond acceptors (Lipinski definition) is 6. The van der Waals surface area contributed by atoms with Gasteiger partial charge in [0.1, 0.15) is 18.3 Å². The van der Waals surface area contributed by atoms with Gasteiger partial charge in [-0.25, -0.2) is 4.79 Å². The molecule has 9 heteroatoms. The highest BCUT2D eigenvalue weighted by Gasteiger charge is 2.29. The van der Waals surface area contributed by atoms with Crippen molar-refractivity contribution in [3.8, 4) is 0 Å². The van der Waals surface area contributed by atoms with Crippen molar-refractivity contribution in [3.63, 3.8) is 0 Å². The number of carbonyl (C=O) groups is 4. The van der Waals surface area contributed by atoms with Crippen molar-refractivity contribution in [1.82, 2.24) is 16.0 Å². The molecule has 184 valence electrons. The molecule has 0 fully saturated rings. The van der Waals surface area contributed by atoms with Crippen LogP contribution in [0.3, 0.4) is 0 Å². The third kappa shape index (κ3) is 11.0. The van der Waals surface area contributed by atoms with E-state index in [1.807, 2.05) is 39.0 Å². The lowest BCUT2D eigenvalue weighted by Gasteiger charge is -2.21. The third-order valence-electron chi connectivity index (χ3n) is 4.71. The van der Waals surface area contributed by atoms with Crippen LogP contribution in [0.25, 0.3) is 0 Å². The van der Waals surface area contributed by atoms with E-state index in [1.54, 1.807) is 6.08 Å². The van der Waals surface area contributed by atoms with Crippen molar-refractivity contribution >= 4 is 23.7 Å². The molecule has 0 aromatic rings. The predicted octanol–water partition coefficient (Wildman–Crippen LogP) is 2.39. The number of nitrogens with one attached hydrogen (secondary N) is 3. The Labute approximate surface area is 196 Å². The van der Waals surface area contributed by atoms with Crippen molar-refractivity contribution in [2.45, 2.75) is 53.0 Å². The molecular formula is C24H37N3O6. The zero-order valence-corrected chi connectivity index (χ0v) is 20.2. The number of amides is 3. The molecule has 0 aliphatic heterocycles. The number of rotatable bonds is 13. The molecule has 0 heterocycles. The molecule has 0 radical (unpaired) electrons. The number of ether oxygens (including phenoxy) is 2. The summed E-state index contributed by atoms with van der Waals surface area (Å²) in [4.78, 5) is 50.2. The summed E-state index contributed by atoms with van der Waals surface area (Å²) in [6, 6.07) is -1.08. The molecule has 0 saturated carbocycles. The van der Waals surface area contributed by atoms with Crippen LogP contribution in [0.4, 0.5) is 4.79 Å². The van der Waals surface area contributed by atoms with Crippen LogP contribution >= 0.6 is 0 Å². The quantitative estimate of drug-likeness (QED) is 0.219. The van der Waals surface area contributed by atoms with Crippen molar-refractivity contribution in [1.29, 1.82) is 0 Å². The summed E-state index contributed by atoms with van der Waals surface area (Å²) >= 11 is 0. The Morgan fingerprint density at radius 1 is 1.18 bits per heavy atom. The molecule has 3 amide bonds. The van der Waals surface area contributed by atoms with Gasteiger partial charge in [-0.1, -0.05) is 52.0 Å². The van der Waals surface area contributed by atoms with Crippen LogP contribution in [-0.2, 0) is 23.9 Å². The monoisotopic (exact) mass is 463 g/mol. The molecule has 1 aliphatic rings. The number of ketones is 1. The van der Waals surface area contributed by atoms with Crippen LogP contribution in [-0.4, -0.2) is 56.6 Å². The average Bonchev–Trinajstić information content (AvgIpc) is 2.77. The Balaban J connectivity index is 3.01. The second-order valence-electron chi connectivity index (χ2n) is 8.28. The summed E-state index contributed by atoms with van der Waals surface area (Å²) < 4.78 is 9.80. The Bertz CT molecular complexity index is 785. The molecule has 0 saturated heterocycles. The van der Waals surface area contributed by atoms with E-state index in [1.165, 1.54) is 7.11 Å². The fourth-order valence-corrected chi connectivity index (χ4v) is 2.96. The summed E-state index contributed by atoms with van der Waals surface area (Å²) in [5.41, 5.74) is 0.803. The molecule has 0 bridgehead atoms. The number of alkyl carbamates (subject to hydrolysis) is 1. The van der Waals surface area contributed by atoms with E-state index in [0.29, 0.717) is 18.9 Å². The van der Waals surface area contributed by atoms with Crippen molar-refractivity contribution in [2.24, 2.45) is 11.8 Å². The van der Waals surface area contributed by atoms with E-state index in [9.17, 15) is 19.2 Å². The molecule has 9 nitrogen and oxygen atoms in total. The predicted molar refractivity (Wildman–Crippen MR) is 125 cm³/mol. The molecule has 0 spiro atoms. The van der Waals surface area contributed by atoms with E-state index < -0.39 is 29.7 Å². The first kappa shape index (κ1) is 28.1. The van der Waals surface area contributed by atoms with Crippen LogP contribution in [0.5, 0.6) is 0 Å². The second-order valence-corrected chi connectivity index (χ2v) is 8.28. The molecule has 2 atom stereocenters. The normalized spacial score (nSPS) is 16.6. The van der Waals surface area contributed by atoms with Crippen molar-refractivity contribution in [2.75, 3.05) is 26.9 Å². The lowest BCUT2D eigenvalue weighted by Crippen LogP contribution is -2.49. The van der Waals surface area contributed by atoms with Crippen LogP contribution in [0.15, 0.2) is 35.6 Å². The molecule has 3 N–H and O–H groups in total. The topological polar surface area (TPSA) is 123 Å². The molecule has 0 aromatic carbocycles. The maximum absolute atomic E-state index is 13.0. The number of Topliss-reactive ketones (excluding diaryl/α,β-unsaturated/α-hetero) is 1. The van der Waals surface area contributed by atoms with Crippen LogP contribution < -0.4 is 16.0 Å². The first-order valence-electron chi connectivity index (χ1n) is 11.3. The van der Waals surface area contributed by atoms with E-state index in [-0.39, 0.29) is 31.2 Å². The standard InChI is InChI=1S/C24H37N3O6/c1-6-11-25-23(30)21(28)19(15-18-9-7-17(4)8-10-18)26-22(29)20(14-16(2)3)27-24(31)33-13-12-32-5/h7,9-10,14,16-17,19H,6,8,11-13,15H2,1-5H3,(H,25,30)(H,26,29)(H,27,31)/b20-14+/t17?,19-/m0/s1. The molecule has 1 rings (SSSR count). The number of carbonyl (C=O) groups excluding carboxylic acids is 4. The maximum Gasteiger partial charge on any atom is 0.411 e. The van der Waals surface area contributed by atoms with E-state index >= 15 is 0 Å². The number of allylic oxidation sites excluding steroid dienone is 4. The molecular weight excluding hydrogens is 426 g/mol. The van der Waals surface area contributed by atoms with Crippen LogP contribution in [0.2, 0.25) is 0 Å². The molecule has 1 unspecified atom stereocenters. The van der Waals surface area contributed by atoms with Gasteiger partial charge in [0.25, 0.3) is 11.8 Å². The molecule has 0 aromatic heterocycles. The number of hydrogen-bond donors (Lipinski definition) is 3. The van der Waals surface area contributed by atoms with Gasteiger partial charge in [-0.15, -0.1) is 0 Å². The summed E-state index contributed by atoms with van der Waals surface area (Å²) in [5, 5.41) is 7.60. The zero-order chi connectivity index (χ0) is 24.8. The summed E-state index contributed by atoms with van der Waals surface area (Å²) in [6.45, 7) is 8.23. The molecule has 33 heavy (non-hydrogen) atoms. The van der Waals surface area contributed by atoms with E-state index in [0.717, 1.165) is 12.0 Å². The Hall–Kier alpha value is -2.94. The summed E-state index contributed by atoms with van der Waals surface area (Å²) in [5.74, 6) is -1.85. The van der Waals surface area contributed by atoms with Gasteiger partial charge in [0.15, 0.2) is 0 Å². The van der Waals surface area contributed by atoms with Gasteiger partial charge in [-0.05, 0) is 36.7 Å². The number of methoxy groups -OCH3 is 1. The molecule has 1 aliphatic carbocycles. The van der Waals surface area contributed by atoms with E-state index in [4.69, 9.17) is 9.47 Å². The lowest BCUT2D eigenvalue weighted by atomic mass is 9.93. The summed E-state index contributed by atoms with van der Waals surface area (Å²) in [6.07, 6.45) is 8.32. The highest BCUT2D eigenvalue weighted by molar-refractivity contribution is 6.38. The van der Waals surface area contributed by atoms with Gasteiger partial charge in [-0.3, -0.25) is 19.7 Å². The van der Waals surface area contributed by atoms with Gasteiger partial charge in [0.2, 0.25) is 5.78 Å². The smallest absolute Gasteiger partial charge is 0.411 e. The maximum atomic E-state index is 13.0. The van der Waals surface area contributed by atoms with Crippen molar-refractivity contribution in [3.05, 3.63) is 35.6 Å². The third-order valence-corrected chi connectivity index (χ3v) is 4.71. The largest absolute Gasteiger partial charge is 0.447 e. The zero-order valence-electron chi connectivity index (χ0n) is 20.2. The first-order chi connectivity index (χ1) is 15.7. The van der Waals surface area contributed by atoms with Crippen LogP contribution in [0, 0.1) is 11.8 Å².